The summed E-state index contributed by atoms with van der Waals surface area (Å²) in [6, 6.07) is 20.3. The molecule has 0 aliphatic carbocycles. The van der Waals surface area contributed by atoms with Gasteiger partial charge in [-0.1, -0.05) is 46.3 Å². The summed E-state index contributed by atoms with van der Waals surface area (Å²) in [6.07, 6.45) is 1.98. The Balaban J connectivity index is 1.97. The van der Waals surface area contributed by atoms with Crippen molar-refractivity contribution in [2.75, 3.05) is 0 Å². The molecule has 0 bridgehead atoms. The van der Waals surface area contributed by atoms with E-state index in [1.807, 2.05) is 59.4 Å². The summed E-state index contributed by atoms with van der Waals surface area (Å²) in [6.45, 7) is 0. The lowest BCUT2D eigenvalue weighted by molar-refractivity contribution is 0.884. The van der Waals surface area contributed by atoms with E-state index >= 15 is 0 Å². The van der Waals surface area contributed by atoms with Gasteiger partial charge in [0.05, 0.1) is 11.4 Å². The van der Waals surface area contributed by atoms with Crippen LogP contribution in [0.15, 0.2) is 71.3 Å². The quantitative estimate of drug-likeness (QED) is 0.690. The van der Waals surface area contributed by atoms with Gasteiger partial charge in [-0.05, 0) is 30.3 Å². The number of rotatable bonds is 2. The molecule has 0 fully saturated rings. The maximum Gasteiger partial charge on any atom is 0.0927 e. The smallest absolute Gasteiger partial charge is 0.0927 e. The molecule has 0 radical (unpaired) electrons. The Morgan fingerprint density at radius 2 is 1.56 bits per heavy atom. The Labute approximate surface area is 114 Å². The molecule has 0 aliphatic heterocycles. The first-order valence-corrected chi connectivity index (χ1v) is 6.49. The summed E-state index contributed by atoms with van der Waals surface area (Å²) < 4.78 is 2.96. The summed E-state index contributed by atoms with van der Waals surface area (Å²) in [7, 11) is 0. The third kappa shape index (κ3) is 2.22. The molecule has 0 saturated carbocycles. The summed E-state index contributed by atoms with van der Waals surface area (Å²) >= 11 is 3.43. The first kappa shape index (κ1) is 11.2. The molecule has 0 N–H and O–H groups in total. The standard InChI is InChI=1S/C15H11BrN2/c16-13-8-6-12(7-9-13)15-10-11-18(17-15)14-4-2-1-3-5-14/h1-11H. The van der Waals surface area contributed by atoms with Crippen LogP contribution >= 0.6 is 15.9 Å². The molecule has 0 unspecified atom stereocenters. The van der Waals surface area contributed by atoms with Gasteiger partial charge >= 0.3 is 0 Å². The van der Waals surface area contributed by atoms with Crippen LogP contribution in [0.1, 0.15) is 0 Å². The van der Waals surface area contributed by atoms with Crippen molar-refractivity contribution < 1.29 is 0 Å². The highest BCUT2D eigenvalue weighted by Crippen LogP contribution is 2.20. The summed E-state index contributed by atoms with van der Waals surface area (Å²) in [5, 5.41) is 4.58. The number of nitrogens with zero attached hydrogens (tertiary/aromatic N) is 2. The third-order valence-corrected chi connectivity index (χ3v) is 3.28. The minimum atomic E-state index is 0.978. The van der Waals surface area contributed by atoms with E-state index in [0.29, 0.717) is 0 Å². The van der Waals surface area contributed by atoms with Gasteiger partial charge in [-0.15, -0.1) is 0 Å². The Kier molecular flexibility index (Phi) is 2.99. The molecule has 0 atom stereocenters. The normalized spacial score (nSPS) is 10.5. The number of hydrogen-bond acceptors (Lipinski definition) is 1. The van der Waals surface area contributed by atoms with E-state index in [1.54, 1.807) is 0 Å². The second kappa shape index (κ2) is 4.78. The van der Waals surface area contributed by atoms with Crippen molar-refractivity contribution in [2.24, 2.45) is 0 Å². The van der Waals surface area contributed by atoms with Crippen LogP contribution in [0, 0.1) is 0 Å². The summed E-state index contributed by atoms with van der Waals surface area (Å²) in [5.41, 5.74) is 3.17. The van der Waals surface area contributed by atoms with Crippen LogP contribution in [0.3, 0.4) is 0 Å². The minimum Gasteiger partial charge on any atom is -0.240 e. The molecule has 88 valence electrons. The zero-order valence-electron chi connectivity index (χ0n) is 9.62. The molecule has 0 amide bonds. The van der Waals surface area contributed by atoms with Crippen LogP contribution in [0.2, 0.25) is 0 Å². The highest BCUT2D eigenvalue weighted by molar-refractivity contribution is 9.10. The average Bonchev–Trinajstić information content (AvgIpc) is 2.90. The molecule has 0 spiro atoms. The van der Waals surface area contributed by atoms with E-state index in [9.17, 15) is 0 Å². The fourth-order valence-corrected chi connectivity index (χ4v) is 2.09. The molecule has 3 rings (SSSR count). The van der Waals surface area contributed by atoms with Crippen LogP contribution in [0.4, 0.5) is 0 Å². The van der Waals surface area contributed by atoms with Gasteiger partial charge in [0.15, 0.2) is 0 Å². The summed E-state index contributed by atoms with van der Waals surface area (Å²) in [5.74, 6) is 0. The number of halogens is 1. The van der Waals surface area contributed by atoms with E-state index in [1.165, 1.54) is 0 Å². The van der Waals surface area contributed by atoms with Crippen molar-refractivity contribution in [3.63, 3.8) is 0 Å². The minimum absolute atomic E-state index is 0.978. The molecule has 1 aromatic heterocycles. The van der Waals surface area contributed by atoms with Gasteiger partial charge in [0.25, 0.3) is 0 Å². The van der Waals surface area contributed by atoms with Crippen molar-refractivity contribution in [3.8, 4) is 16.9 Å². The molecular weight excluding hydrogens is 288 g/mol. The van der Waals surface area contributed by atoms with Crippen molar-refractivity contribution in [1.29, 1.82) is 0 Å². The topological polar surface area (TPSA) is 17.8 Å². The van der Waals surface area contributed by atoms with Gasteiger partial charge in [-0.2, -0.15) is 5.10 Å². The number of para-hydroxylation sites is 1. The Bertz CT molecular complexity index is 642. The Morgan fingerprint density at radius 3 is 2.28 bits per heavy atom. The van der Waals surface area contributed by atoms with E-state index in [2.05, 4.69) is 33.2 Å². The lowest BCUT2D eigenvalue weighted by Gasteiger charge is -2.00. The molecule has 18 heavy (non-hydrogen) atoms. The molecular formula is C15H11BrN2. The average molecular weight is 299 g/mol. The molecule has 3 heteroatoms. The second-order valence-electron chi connectivity index (χ2n) is 3.99. The monoisotopic (exact) mass is 298 g/mol. The fourth-order valence-electron chi connectivity index (χ4n) is 1.82. The largest absolute Gasteiger partial charge is 0.240 e. The van der Waals surface area contributed by atoms with Gasteiger partial charge in [-0.3, -0.25) is 0 Å². The predicted molar refractivity (Wildman–Crippen MR) is 76.7 cm³/mol. The van der Waals surface area contributed by atoms with E-state index in [0.717, 1.165) is 21.4 Å². The highest BCUT2D eigenvalue weighted by atomic mass is 79.9. The fraction of sp³-hybridized carbons (Fsp3) is 0. The van der Waals surface area contributed by atoms with E-state index < -0.39 is 0 Å². The molecule has 1 heterocycles. The van der Waals surface area contributed by atoms with Crippen molar-refractivity contribution in [2.45, 2.75) is 0 Å². The molecule has 2 aromatic carbocycles. The van der Waals surface area contributed by atoms with Crippen molar-refractivity contribution >= 4 is 15.9 Å². The SMILES string of the molecule is Brc1ccc(-c2ccn(-c3ccccc3)n2)cc1. The van der Waals surface area contributed by atoms with E-state index in [4.69, 9.17) is 0 Å². The molecule has 3 aromatic rings. The zero-order chi connectivity index (χ0) is 12.4. The van der Waals surface area contributed by atoms with Gasteiger partial charge in [0.1, 0.15) is 0 Å². The first-order valence-electron chi connectivity index (χ1n) is 5.70. The molecule has 2 nitrogen and oxygen atoms in total. The first-order chi connectivity index (χ1) is 8.83. The maximum absolute atomic E-state index is 4.58. The van der Waals surface area contributed by atoms with Crippen LogP contribution in [0.5, 0.6) is 0 Å². The van der Waals surface area contributed by atoms with Crippen LogP contribution in [0.25, 0.3) is 16.9 Å². The van der Waals surface area contributed by atoms with Crippen LogP contribution in [-0.2, 0) is 0 Å². The van der Waals surface area contributed by atoms with Gasteiger partial charge < -0.3 is 0 Å². The number of hydrogen-bond donors (Lipinski definition) is 0. The lowest BCUT2D eigenvalue weighted by atomic mass is 10.2. The van der Waals surface area contributed by atoms with Crippen molar-refractivity contribution in [1.82, 2.24) is 9.78 Å². The van der Waals surface area contributed by atoms with Crippen molar-refractivity contribution in [3.05, 3.63) is 71.3 Å². The lowest BCUT2D eigenvalue weighted by Crippen LogP contribution is -1.93. The zero-order valence-corrected chi connectivity index (χ0v) is 11.2. The third-order valence-electron chi connectivity index (χ3n) is 2.75. The second-order valence-corrected chi connectivity index (χ2v) is 4.90. The van der Waals surface area contributed by atoms with Crippen LogP contribution < -0.4 is 0 Å². The van der Waals surface area contributed by atoms with E-state index in [-0.39, 0.29) is 0 Å². The summed E-state index contributed by atoms with van der Waals surface area (Å²) in [4.78, 5) is 0. The number of aromatic nitrogens is 2. The number of benzene rings is 2. The Hall–Kier alpha value is -1.87. The Morgan fingerprint density at radius 1 is 0.833 bits per heavy atom. The molecule has 0 aliphatic rings. The van der Waals surface area contributed by atoms with Gasteiger partial charge in [0.2, 0.25) is 0 Å². The van der Waals surface area contributed by atoms with Crippen LogP contribution in [-0.4, -0.2) is 9.78 Å². The highest BCUT2D eigenvalue weighted by Gasteiger charge is 2.03. The molecule has 0 saturated heterocycles. The maximum atomic E-state index is 4.58. The van der Waals surface area contributed by atoms with Gasteiger partial charge in [-0.25, -0.2) is 4.68 Å². The predicted octanol–water partition coefficient (Wildman–Crippen LogP) is 4.30. The van der Waals surface area contributed by atoms with Gasteiger partial charge in [0, 0.05) is 16.2 Å².